The molecule has 0 N–H and O–H groups in total. The van der Waals surface area contributed by atoms with Crippen LogP contribution in [0.4, 0.5) is 4.39 Å². The Balaban J connectivity index is 2.05. The molecule has 0 amide bonds. The van der Waals surface area contributed by atoms with Gasteiger partial charge >= 0.3 is 17.9 Å². The van der Waals surface area contributed by atoms with Crippen LogP contribution in [0.5, 0.6) is 5.75 Å². The van der Waals surface area contributed by atoms with Gasteiger partial charge in [0.15, 0.2) is 0 Å². The zero-order chi connectivity index (χ0) is 22.3. The Kier molecular flexibility index (Phi) is 8.08. The van der Waals surface area contributed by atoms with Crippen molar-refractivity contribution in [1.82, 2.24) is 0 Å². The van der Waals surface area contributed by atoms with E-state index in [0.717, 1.165) is 0 Å². The van der Waals surface area contributed by atoms with Crippen LogP contribution in [0.1, 0.15) is 20.3 Å². The summed E-state index contributed by atoms with van der Waals surface area (Å²) < 4.78 is 33.2. The molecule has 1 aliphatic heterocycles. The van der Waals surface area contributed by atoms with E-state index in [1.165, 1.54) is 38.5 Å². The first-order chi connectivity index (χ1) is 14.3. The number of halogens is 1. The van der Waals surface area contributed by atoms with Crippen molar-refractivity contribution in [2.24, 2.45) is 16.8 Å². The van der Waals surface area contributed by atoms with Crippen molar-refractivity contribution in [3.8, 4) is 5.75 Å². The fourth-order valence-corrected chi connectivity index (χ4v) is 3.14. The third-order valence-electron chi connectivity index (χ3n) is 4.56. The molecule has 0 spiro atoms. The van der Waals surface area contributed by atoms with E-state index in [2.05, 4.69) is 4.99 Å². The zero-order valence-corrected chi connectivity index (χ0v) is 17.3. The predicted molar refractivity (Wildman–Crippen MR) is 104 cm³/mol. The third kappa shape index (κ3) is 5.43. The monoisotopic (exact) mass is 421 g/mol. The number of hydrogen-bond donors (Lipinski definition) is 0. The summed E-state index contributed by atoms with van der Waals surface area (Å²) in [5, 5.41) is 0. The number of aliphatic imine (C=N–C) groups is 1. The lowest BCUT2D eigenvalue weighted by Gasteiger charge is -2.29. The molecule has 1 heterocycles. The molecule has 0 saturated heterocycles. The summed E-state index contributed by atoms with van der Waals surface area (Å²) in [5.74, 6) is -4.42. The van der Waals surface area contributed by atoms with E-state index in [-0.39, 0.29) is 30.3 Å². The van der Waals surface area contributed by atoms with E-state index in [1.807, 2.05) is 0 Å². The Bertz CT molecular complexity index is 861. The number of nitrogens with zero attached hydrogens (tertiary/aromatic N) is 1. The number of carbonyl (C=O) groups excluding carboxylic acids is 3. The molecular weight excluding hydrogens is 397 g/mol. The van der Waals surface area contributed by atoms with Gasteiger partial charge in [-0.3, -0.25) is 14.6 Å². The molecule has 1 aromatic carbocycles. The van der Waals surface area contributed by atoms with Gasteiger partial charge in [0.1, 0.15) is 23.4 Å². The fraction of sp³-hybridized carbons (Fsp3) is 0.429. The van der Waals surface area contributed by atoms with Crippen LogP contribution in [0.3, 0.4) is 0 Å². The minimum atomic E-state index is -1.22. The second-order valence-corrected chi connectivity index (χ2v) is 6.55. The molecule has 1 aliphatic rings. The average Bonchev–Trinajstić information content (AvgIpc) is 2.73. The van der Waals surface area contributed by atoms with E-state index in [1.54, 1.807) is 13.8 Å². The number of hydrogen-bond acceptors (Lipinski definition) is 8. The number of rotatable bonds is 8. The van der Waals surface area contributed by atoms with Gasteiger partial charge in [0, 0.05) is 17.8 Å². The van der Waals surface area contributed by atoms with Crippen LogP contribution < -0.4 is 4.74 Å². The summed E-state index contributed by atoms with van der Waals surface area (Å²) >= 11 is 0. The van der Waals surface area contributed by atoms with Gasteiger partial charge in [-0.15, -0.1) is 0 Å². The maximum absolute atomic E-state index is 12.9. The van der Waals surface area contributed by atoms with Crippen LogP contribution in [0.2, 0.25) is 0 Å². The molecule has 30 heavy (non-hydrogen) atoms. The van der Waals surface area contributed by atoms with Crippen molar-refractivity contribution in [2.45, 2.75) is 20.3 Å². The lowest BCUT2D eigenvalue weighted by atomic mass is 9.80. The number of carbonyl (C=O) groups is 3. The number of benzene rings is 1. The average molecular weight is 421 g/mol. The first-order valence-electron chi connectivity index (χ1n) is 9.27. The largest absolute Gasteiger partial charge is 0.493 e. The summed E-state index contributed by atoms with van der Waals surface area (Å²) in [7, 11) is 2.36. The molecule has 162 valence electrons. The van der Waals surface area contributed by atoms with E-state index < -0.39 is 29.7 Å². The Hall–Kier alpha value is -3.23. The Morgan fingerprint density at radius 2 is 1.63 bits per heavy atom. The molecule has 0 fully saturated rings. The van der Waals surface area contributed by atoms with Crippen molar-refractivity contribution < 1.29 is 37.7 Å². The molecule has 2 rings (SSSR count). The summed E-state index contributed by atoms with van der Waals surface area (Å²) in [6.45, 7) is 3.35. The second kappa shape index (κ2) is 10.5. The molecule has 0 bridgehead atoms. The minimum Gasteiger partial charge on any atom is -0.493 e. The van der Waals surface area contributed by atoms with Crippen molar-refractivity contribution in [1.29, 1.82) is 0 Å². The van der Waals surface area contributed by atoms with Gasteiger partial charge in [-0.05, 0) is 38.1 Å². The number of esters is 3. The molecule has 2 atom stereocenters. The highest BCUT2D eigenvalue weighted by molar-refractivity contribution is 6.10. The Labute approximate surface area is 173 Å². The SMILES string of the molecule is COC(=O)C1=C(C)N=C(C)C(C(=O)OC)[C@@H]1C(=O)OCCCOc1ccc(F)cc1. The van der Waals surface area contributed by atoms with Gasteiger partial charge in [-0.2, -0.15) is 0 Å². The first kappa shape index (κ1) is 23.1. The van der Waals surface area contributed by atoms with Gasteiger partial charge in [0.2, 0.25) is 0 Å². The smallest absolute Gasteiger partial charge is 0.336 e. The molecule has 9 heteroatoms. The Morgan fingerprint density at radius 3 is 2.23 bits per heavy atom. The highest BCUT2D eigenvalue weighted by atomic mass is 19.1. The molecule has 0 radical (unpaired) electrons. The van der Waals surface area contributed by atoms with Crippen LogP contribution in [0.15, 0.2) is 40.5 Å². The van der Waals surface area contributed by atoms with Crippen LogP contribution in [-0.4, -0.2) is 51.1 Å². The van der Waals surface area contributed by atoms with Gasteiger partial charge in [0.25, 0.3) is 0 Å². The summed E-state index contributed by atoms with van der Waals surface area (Å²) in [6.07, 6.45) is 0.349. The molecule has 1 aromatic rings. The van der Waals surface area contributed by atoms with Crippen LogP contribution >= 0.6 is 0 Å². The molecule has 0 aromatic heterocycles. The first-order valence-corrected chi connectivity index (χ1v) is 9.27. The molecule has 0 aliphatic carbocycles. The summed E-state index contributed by atoms with van der Waals surface area (Å²) in [6, 6.07) is 5.53. The summed E-state index contributed by atoms with van der Waals surface area (Å²) in [5.41, 5.74) is 0.584. The van der Waals surface area contributed by atoms with E-state index in [4.69, 9.17) is 18.9 Å². The highest BCUT2D eigenvalue weighted by Crippen LogP contribution is 2.33. The van der Waals surface area contributed by atoms with E-state index >= 15 is 0 Å². The quantitative estimate of drug-likeness (QED) is 0.361. The molecule has 8 nitrogen and oxygen atoms in total. The topological polar surface area (TPSA) is 100 Å². The summed E-state index contributed by atoms with van der Waals surface area (Å²) in [4.78, 5) is 41.6. The second-order valence-electron chi connectivity index (χ2n) is 6.55. The number of methoxy groups -OCH3 is 2. The van der Waals surface area contributed by atoms with Gasteiger partial charge in [-0.1, -0.05) is 0 Å². The van der Waals surface area contributed by atoms with Gasteiger partial charge in [-0.25, -0.2) is 9.18 Å². The fourth-order valence-electron chi connectivity index (χ4n) is 3.14. The van der Waals surface area contributed by atoms with Crippen molar-refractivity contribution in [3.63, 3.8) is 0 Å². The van der Waals surface area contributed by atoms with E-state index in [0.29, 0.717) is 17.9 Å². The number of allylic oxidation sites excluding steroid dienone is 1. The number of ether oxygens (including phenoxy) is 4. The lowest BCUT2D eigenvalue weighted by molar-refractivity contribution is -0.157. The van der Waals surface area contributed by atoms with E-state index in [9.17, 15) is 18.8 Å². The standard InChI is InChI=1S/C21H24FNO7/c1-12-16(19(24)27-3)18(17(13(2)23-12)20(25)28-4)21(26)30-11-5-10-29-15-8-6-14(22)7-9-15/h6-9,16,18H,5,10-11H2,1-4H3/t16?,18-/m0/s1. The highest BCUT2D eigenvalue weighted by Gasteiger charge is 2.46. The van der Waals surface area contributed by atoms with Gasteiger partial charge in [0.05, 0.1) is 33.0 Å². The zero-order valence-electron chi connectivity index (χ0n) is 17.3. The van der Waals surface area contributed by atoms with Crippen LogP contribution in [0, 0.1) is 17.7 Å². The maximum Gasteiger partial charge on any atom is 0.336 e. The third-order valence-corrected chi connectivity index (χ3v) is 4.56. The molecule has 1 unspecified atom stereocenters. The minimum absolute atomic E-state index is 0.00584. The van der Waals surface area contributed by atoms with Crippen molar-refractivity contribution >= 4 is 23.6 Å². The normalized spacial score (nSPS) is 18.4. The van der Waals surface area contributed by atoms with Crippen molar-refractivity contribution in [3.05, 3.63) is 41.4 Å². The van der Waals surface area contributed by atoms with Crippen LogP contribution in [-0.2, 0) is 28.6 Å². The lowest BCUT2D eigenvalue weighted by Crippen LogP contribution is -2.42. The molecular formula is C21H24FNO7. The van der Waals surface area contributed by atoms with Crippen molar-refractivity contribution in [2.75, 3.05) is 27.4 Å². The Morgan fingerprint density at radius 1 is 0.967 bits per heavy atom. The molecule has 0 saturated carbocycles. The van der Waals surface area contributed by atoms with Gasteiger partial charge < -0.3 is 18.9 Å². The maximum atomic E-state index is 12.9. The predicted octanol–water partition coefficient (Wildman–Crippen LogP) is 2.46. The van der Waals surface area contributed by atoms with Crippen LogP contribution in [0.25, 0.3) is 0 Å².